The van der Waals surface area contributed by atoms with E-state index in [1.807, 2.05) is 6.07 Å². The predicted octanol–water partition coefficient (Wildman–Crippen LogP) is 1.27. The Morgan fingerprint density at radius 3 is 2.90 bits per heavy atom. The Kier molecular flexibility index (Phi) is 3.44. The number of carboxylic acid groups (broad SMARTS) is 1. The normalized spacial score (nSPS) is 21.6. The molecule has 1 saturated heterocycles. The Labute approximate surface area is 117 Å². The molecule has 106 valence electrons. The van der Waals surface area contributed by atoms with Crippen molar-refractivity contribution in [2.45, 2.75) is 19.3 Å². The van der Waals surface area contributed by atoms with Crippen LogP contribution in [-0.2, 0) is 11.2 Å². The van der Waals surface area contributed by atoms with Crippen LogP contribution in [0.4, 0.5) is 5.69 Å². The lowest BCUT2D eigenvalue weighted by atomic mass is 9.98. The van der Waals surface area contributed by atoms with Crippen LogP contribution >= 0.6 is 0 Å². The van der Waals surface area contributed by atoms with Crippen molar-refractivity contribution in [2.75, 3.05) is 24.5 Å². The van der Waals surface area contributed by atoms with Gasteiger partial charge in [-0.1, -0.05) is 6.07 Å². The standard InChI is InChI=1S/C15H18N2O3/c18-14(12-2-1-6-16-9-12)17-7-5-10-3-4-11(15(19)20)8-13(10)17/h3-4,8,12,16H,1-2,5-7,9H2,(H,19,20). The minimum absolute atomic E-state index is 0.0168. The molecule has 0 aliphatic carbocycles. The van der Waals surface area contributed by atoms with Gasteiger partial charge >= 0.3 is 5.97 Å². The maximum Gasteiger partial charge on any atom is 0.335 e. The summed E-state index contributed by atoms with van der Waals surface area (Å²) in [5.41, 5.74) is 2.08. The molecule has 1 aromatic carbocycles. The van der Waals surface area contributed by atoms with Crippen molar-refractivity contribution in [3.05, 3.63) is 29.3 Å². The SMILES string of the molecule is O=C(O)c1ccc2c(c1)N(C(=O)C1CCCNC1)CC2. The van der Waals surface area contributed by atoms with Crippen LogP contribution in [0.3, 0.4) is 0 Å². The summed E-state index contributed by atoms with van der Waals surface area (Å²) in [5.74, 6) is -0.812. The highest BCUT2D eigenvalue weighted by molar-refractivity contribution is 5.99. The second-order valence-electron chi connectivity index (χ2n) is 5.43. The zero-order valence-corrected chi connectivity index (χ0v) is 11.3. The third kappa shape index (κ3) is 2.29. The largest absolute Gasteiger partial charge is 0.478 e. The first-order valence-corrected chi connectivity index (χ1v) is 7.05. The molecule has 2 heterocycles. The van der Waals surface area contributed by atoms with Crippen LogP contribution in [-0.4, -0.2) is 36.6 Å². The number of rotatable bonds is 2. The zero-order valence-electron chi connectivity index (χ0n) is 11.3. The Hall–Kier alpha value is -1.88. The van der Waals surface area contributed by atoms with Crippen LogP contribution in [0.5, 0.6) is 0 Å². The summed E-state index contributed by atoms with van der Waals surface area (Å²) in [4.78, 5) is 25.4. The number of piperidine rings is 1. The van der Waals surface area contributed by atoms with E-state index in [1.165, 1.54) is 0 Å². The van der Waals surface area contributed by atoms with Gasteiger partial charge in [-0.05, 0) is 43.5 Å². The lowest BCUT2D eigenvalue weighted by Gasteiger charge is -2.27. The highest BCUT2D eigenvalue weighted by Gasteiger charge is 2.31. The zero-order chi connectivity index (χ0) is 14.1. The quantitative estimate of drug-likeness (QED) is 0.852. The van der Waals surface area contributed by atoms with E-state index >= 15 is 0 Å². The second-order valence-corrected chi connectivity index (χ2v) is 5.43. The Balaban J connectivity index is 1.85. The van der Waals surface area contributed by atoms with E-state index in [1.54, 1.807) is 17.0 Å². The number of aromatic carboxylic acids is 1. The van der Waals surface area contributed by atoms with Crippen LogP contribution in [0.2, 0.25) is 0 Å². The number of benzene rings is 1. The van der Waals surface area contributed by atoms with E-state index in [0.29, 0.717) is 6.54 Å². The summed E-state index contributed by atoms with van der Waals surface area (Å²) in [5, 5.41) is 12.3. The lowest BCUT2D eigenvalue weighted by Crippen LogP contribution is -2.42. The maximum absolute atomic E-state index is 12.6. The molecule has 0 saturated carbocycles. The fraction of sp³-hybridized carbons (Fsp3) is 0.467. The van der Waals surface area contributed by atoms with Crippen molar-refractivity contribution >= 4 is 17.6 Å². The van der Waals surface area contributed by atoms with Crippen LogP contribution in [0, 0.1) is 5.92 Å². The van der Waals surface area contributed by atoms with Gasteiger partial charge in [0.1, 0.15) is 0 Å². The molecule has 1 amide bonds. The highest BCUT2D eigenvalue weighted by Crippen LogP contribution is 2.31. The Bertz CT molecular complexity index is 550. The third-order valence-electron chi connectivity index (χ3n) is 4.14. The highest BCUT2D eigenvalue weighted by atomic mass is 16.4. The number of carboxylic acids is 1. The number of carbonyl (C=O) groups is 2. The minimum Gasteiger partial charge on any atom is -0.478 e. The number of nitrogens with zero attached hydrogens (tertiary/aromatic N) is 1. The van der Waals surface area contributed by atoms with Gasteiger partial charge in [-0.25, -0.2) is 4.79 Å². The van der Waals surface area contributed by atoms with Crippen LogP contribution < -0.4 is 10.2 Å². The first kappa shape index (κ1) is 13.1. The van der Waals surface area contributed by atoms with Gasteiger partial charge in [0, 0.05) is 18.8 Å². The summed E-state index contributed by atoms with van der Waals surface area (Å²) in [7, 11) is 0. The number of nitrogens with one attached hydrogen (secondary N) is 1. The first-order chi connectivity index (χ1) is 9.66. The Morgan fingerprint density at radius 2 is 2.20 bits per heavy atom. The molecule has 1 aromatic rings. The molecule has 0 spiro atoms. The van der Waals surface area contributed by atoms with Gasteiger partial charge in [0.05, 0.1) is 11.5 Å². The minimum atomic E-state index is -0.952. The number of hydrogen-bond donors (Lipinski definition) is 2. The van der Waals surface area contributed by atoms with Gasteiger partial charge in [0.25, 0.3) is 0 Å². The number of carbonyl (C=O) groups excluding carboxylic acids is 1. The van der Waals surface area contributed by atoms with Gasteiger partial charge < -0.3 is 15.3 Å². The summed E-state index contributed by atoms with van der Waals surface area (Å²) < 4.78 is 0. The van der Waals surface area contributed by atoms with E-state index in [2.05, 4.69) is 5.32 Å². The number of amides is 1. The molecule has 3 rings (SSSR count). The van der Waals surface area contributed by atoms with E-state index in [-0.39, 0.29) is 17.4 Å². The summed E-state index contributed by atoms with van der Waals surface area (Å²) >= 11 is 0. The molecule has 1 unspecified atom stereocenters. The van der Waals surface area contributed by atoms with Crippen molar-refractivity contribution in [1.82, 2.24) is 5.32 Å². The fourth-order valence-electron chi connectivity index (χ4n) is 3.02. The van der Waals surface area contributed by atoms with Crippen LogP contribution in [0.1, 0.15) is 28.8 Å². The van der Waals surface area contributed by atoms with E-state index in [9.17, 15) is 9.59 Å². The van der Waals surface area contributed by atoms with Crippen molar-refractivity contribution in [3.63, 3.8) is 0 Å². The predicted molar refractivity (Wildman–Crippen MR) is 75.1 cm³/mol. The molecule has 2 N–H and O–H groups in total. The molecule has 5 heteroatoms. The number of hydrogen-bond acceptors (Lipinski definition) is 3. The molecule has 2 aliphatic rings. The Morgan fingerprint density at radius 1 is 1.35 bits per heavy atom. The van der Waals surface area contributed by atoms with E-state index in [0.717, 1.165) is 43.6 Å². The third-order valence-corrected chi connectivity index (χ3v) is 4.14. The maximum atomic E-state index is 12.6. The molecule has 20 heavy (non-hydrogen) atoms. The van der Waals surface area contributed by atoms with E-state index in [4.69, 9.17) is 5.11 Å². The van der Waals surface area contributed by atoms with Crippen LogP contribution in [0.15, 0.2) is 18.2 Å². The van der Waals surface area contributed by atoms with Crippen molar-refractivity contribution in [1.29, 1.82) is 0 Å². The van der Waals surface area contributed by atoms with Crippen molar-refractivity contribution < 1.29 is 14.7 Å². The van der Waals surface area contributed by atoms with Gasteiger partial charge in [-0.15, -0.1) is 0 Å². The van der Waals surface area contributed by atoms with Crippen molar-refractivity contribution in [3.8, 4) is 0 Å². The van der Waals surface area contributed by atoms with Gasteiger partial charge in [-0.3, -0.25) is 4.79 Å². The molecular weight excluding hydrogens is 256 g/mol. The monoisotopic (exact) mass is 274 g/mol. The molecule has 1 atom stereocenters. The number of anilines is 1. The van der Waals surface area contributed by atoms with Gasteiger partial charge in [0.2, 0.25) is 5.91 Å². The molecular formula is C15H18N2O3. The average molecular weight is 274 g/mol. The molecule has 0 radical (unpaired) electrons. The molecule has 1 fully saturated rings. The molecule has 5 nitrogen and oxygen atoms in total. The fourth-order valence-corrected chi connectivity index (χ4v) is 3.02. The summed E-state index contributed by atoms with van der Waals surface area (Å²) in [6.07, 6.45) is 2.74. The second kappa shape index (κ2) is 5.25. The average Bonchev–Trinajstić information content (AvgIpc) is 2.90. The number of fused-ring (bicyclic) bond motifs is 1. The van der Waals surface area contributed by atoms with Crippen LogP contribution in [0.25, 0.3) is 0 Å². The molecule has 2 aliphatic heterocycles. The summed E-state index contributed by atoms with van der Waals surface area (Å²) in [6.45, 7) is 2.36. The lowest BCUT2D eigenvalue weighted by molar-refractivity contribution is -0.122. The molecule has 0 aromatic heterocycles. The van der Waals surface area contributed by atoms with Gasteiger partial charge in [-0.2, -0.15) is 0 Å². The topological polar surface area (TPSA) is 69.6 Å². The van der Waals surface area contributed by atoms with Gasteiger partial charge in [0.15, 0.2) is 0 Å². The molecule has 0 bridgehead atoms. The summed E-state index contributed by atoms with van der Waals surface area (Å²) in [6, 6.07) is 5.06. The van der Waals surface area contributed by atoms with E-state index < -0.39 is 5.97 Å². The smallest absolute Gasteiger partial charge is 0.335 e. The first-order valence-electron chi connectivity index (χ1n) is 7.05. The van der Waals surface area contributed by atoms with Crippen molar-refractivity contribution in [2.24, 2.45) is 5.92 Å².